The predicted octanol–water partition coefficient (Wildman–Crippen LogP) is 2.45. The summed E-state index contributed by atoms with van der Waals surface area (Å²) in [6, 6.07) is 4.83. The van der Waals surface area contributed by atoms with Gasteiger partial charge in [-0.1, -0.05) is 0 Å². The second-order valence-corrected chi connectivity index (χ2v) is 5.64. The van der Waals surface area contributed by atoms with Crippen LogP contribution in [0.25, 0.3) is 0 Å². The summed E-state index contributed by atoms with van der Waals surface area (Å²) < 4.78 is 14.1. The van der Waals surface area contributed by atoms with Crippen LogP contribution >= 0.6 is 0 Å². The van der Waals surface area contributed by atoms with Crippen molar-refractivity contribution < 1.29 is 9.31 Å². The topological polar surface area (TPSA) is 58.4 Å². The van der Waals surface area contributed by atoms with E-state index in [4.69, 9.17) is 0 Å². The number of hydrogen-bond acceptors (Lipinski definition) is 4. The summed E-state index contributed by atoms with van der Waals surface area (Å²) in [6.45, 7) is 0. The number of nitro benzene ring substituents is 1. The van der Waals surface area contributed by atoms with Crippen LogP contribution in [0.15, 0.2) is 18.2 Å². The molecule has 2 heterocycles. The Labute approximate surface area is 116 Å². The number of nitro groups is 1. The average Bonchev–Trinajstić information content (AvgIpc) is 2.69. The second-order valence-electron chi connectivity index (χ2n) is 5.64. The minimum atomic E-state index is -0.467. The monoisotopic (exact) mass is 279 g/mol. The van der Waals surface area contributed by atoms with Crippen LogP contribution in [0.1, 0.15) is 25.7 Å². The summed E-state index contributed by atoms with van der Waals surface area (Å²) in [4.78, 5) is 12.5. The molecular weight excluding hydrogens is 261 g/mol. The van der Waals surface area contributed by atoms with Crippen molar-refractivity contribution >= 4 is 11.4 Å². The molecule has 0 saturated carbocycles. The van der Waals surface area contributed by atoms with Gasteiger partial charge in [0, 0.05) is 30.3 Å². The molecule has 0 spiro atoms. The number of piperidine rings is 1. The molecule has 108 valence electrons. The van der Waals surface area contributed by atoms with Crippen LogP contribution in [-0.2, 0) is 0 Å². The van der Waals surface area contributed by atoms with Crippen LogP contribution in [0.4, 0.5) is 15.8 Å². The maximum absolute atomic E-state index is 14.1. The van der Waals surface area contributed by atoms with Crippen LogP contribution in [0, 0.1) is 15.9 Å². The van der Waals surface area contributed by atoms with E-state index in [1.807, 2.05) is 7.05 Å². The van der Waals surface area contributed by atoms with Gasteiger partial charge in [0.15, 0.2) is 0 Å². The van der Waals surface area contributed by atoms with Crippen LogP contribution in [-0.4, -0.2) is 30.1 Å². The Morgan fingerprint density at radius 3 is 2.55 bits per heavy atom. The number of fused-ring (bicyclic) bond motifs is 2. The molecule has 2 saturated heterocycles. The van der Waals surface area contributed by atoms with Crippen molar-refractivity contribution in [2.75, 3.05) is 11.9 Å². The average molecular weight is 279 g/mol. The molecule has 2 aliphatic rings. The lowest BCUT2D eigenvalue weighted by Gasteiger charge is -2.40. The summed E-state index contributed by atoms with van der Waals surface area (Å²) in [5.41, 5.74) is 0.345. The highest BCUT2D eigenvalue weighted by Crippen LogP contribution is 2.41. The molecule has 0 aliphatic carbocycles. The van der Waals surface area contributed by atoms with Gasteiger partial charge >= 0.3 is 0 Å². The van der Waals surface area contributed by atoms with Gasteiger partial charge in [0.05, 0.1) is 10.6 Å². The molecule has 0 radical (unpaired) electrons. The molecule has 0 aromatic heterocycles. The minimum absolute atomic E-state index is 0.0449. The third-order valence-electron chi connectivity index (χ3n) is 4.56. The first-order valence-corrected chi connectivity index (χ1v) is 6.99. The summed E-state index contributed by atoms with van der Waals surface area (Å²) >= 11 is 0. The van der Waals surface area contributed by atoms with E-state index in [2.05, 4.69) is 10.2 Å². The predicted molar refractivity (Wildman–Crippen MR) is 74.4 cm³/mol. The molecule has 1 aromatic carbocycles. The first-order chi connectivity index (χ1) is 9.60. The van der Waals surface area contributed by atoms with Gasteiger partial charge in [-0.25, -0.2) is 4.39 Å². The van der Waals surface area contributed by atoms with Crippen LogP contribution in [0.2, 0.25) is 0 Å². The van der Waals surface area contributed by atoms with Crippen molar-refractivity contribution in [3.8, 4) is 0 Å². The van der Waals surface area contributed by atoms with Gasteiger partial charge in [0.1, 0.15) is 5.82 Å². The van der Waals surface area contributed by atoms with E-state index in [0.717, 1.165) is 25.7 Å². The Kier molecular flexibility index (Phi) is 3.33. The Bertz CT molecular complexity index is 523. The van der Waals surface area contributed by atoms with Crippen molar-refractivity contribution in [1.29, 1.82) is 0 Å². The fourth-order valence-electron chi connectivity index (χ4n) is 3.62. The van der Waals surface area contributed by atoms with Crippen molar-refractivity contribution in [3.63, 3.8) is 0 Å². The van der Waals surface area contributed by atoms with E-state index in [9.17, 15) is 14.5 Å². The van der Waals surface area contributed by atoms with Gasteiger partial charge in [-0.05, 0) is 38.8 Å². The molecule has 0 amide bonds. The Morgan fingerprint density at radius 2 is 2.00 bits per heavy atom. The molecular formula is C14H18FN3O2. The highest BCUT2D eigenvalue weighted by atomic mass is 19.1. The summed E-state index contributed by atoms with van der Waals surface area (Å²) in [6.07, 6.45) is 4.00. The van der Waals surface area contributed by atoms with Crippen LogP contribution in [0.3, 0.4) is 0 Å². The highest BCUT2D eigenvalue weighted by Gasteiger charge is 2.41. The molecule has 1 aromatic rings. The Balaban J connectivity index is 1.94. The van der Waals surface area contributed by atoms with Crippen molar-refractivity contribution in [2.45, 2.75) is 43.8 Å². The zero-order chi connectivity index (χ0) is 14.3. The number of anilines is 1. The van der Waals surface area contributed by atoms with Crippen molar-refractivity contribution in [3.05, 3.63) is 34.1 Å². The standard InChI is InChI=1S/C14H18FN3O2/c1-16-9-6-10-2-3-11(7-9)17(10)14-8-12(18(19)20)4-5-13(14)15/h4-5,8-11,16H,2-3,6-7H2,1H3. The van der Waals surface area contributed by atoms with E-state index in [0.29, 0.717) is 11.7 Å². The van der Waals surface area contributed by atoms with Gasteiger partial charge < -0.3 is 10.2 Å². The quantitative estimate of drug-likeness (QED) is 0.682. The maximum Gasteiger partial charge on any atom is 0.271 e. The van der Waals surface area contributed by atoms with Crippen molar-refractivity contribution in [2.24, 2.45) is 0 Å². The van der Waals surface area contributed by atoms with Gasteiger partial charge in [-0.2, -0.15) is 0 Å². The molecule has 3 rings (SSSR count). The van der Waals surface area contributed by atoms with E-state index in [1.165, 1.54) is 18.2 Å². The lowest BCUT2D eigenvalue weighted by atomic mass is 9.96. The van der Waals surface area contributed by atoms with E-state index in [-0.39, 0.29) is 23.6 Å². The Hall–Kier alpha value is -1.69. The molecule has 2 unspecified atom stereocenters. The first-order valence-electron chi connectivity index (χ1n) is 6.99. The lowest BCUT2D eigenvalue weighted by Crippen LogP contribution is -2.48. The fourth-order valence-corrected chi connectivity index (χ4v) is 3.62. The number of rotatable bonds is 3. The van der Waals surface area contributed by atoms with Gasteiger partial charge in [-0.15, -0.1) is 0 Å². The molecule has 2 fully saturated rings. The number of hydrogen-bond donors (Lipinski definition) is 1. The van der Waals surface area contributed by atoms with Crippen molar-refractivity contribution in [1.82, 2.24) is 5.32 Å². The largest absolute Gasteiger partial charge is 0.363 e. The number of nitrogens with zero attached hydrogens (tertiary/aromatic N) is 2. The zero-order valence-electron chi connectivity index (χ0n) is 11.4. The molecule has 2 atom stereocenters. The van der Waals surface area contributed by atoms with Crippen LogP contribution < -0.4 is 10.2 Å². The number of benzene rings is 1. The molecule has 5 nitrogen and oxygen atoms in total. The molecule has 6 heteroatoms. The van der Waals surface area contributed by atoms with Gasteiger partial charge in [0.25, 0.3) is 5.69 Å². The Morgan fingerprint density at radius 1 is 1.35 bits per heavy atom. The highest BCUT2D eigenvalue weighted by molar-refractivity contribution is 5.57. The lowest BCUT2D eigenvalue weighted by molar-refractivity contribution is -0.384. The molecule has 2 aliphatic heterocycles. The third-order valence-corrected chi connectivity index (χ3v) is 4.56. The van der Waals surface area contributed by atoms with E-state index < -0.39 is 4.92 Å². The number of non-ortho nitro benzene ring substituents is 1. The van der Waals surface area contributed by atoms with E-state index in [1.54, 1.807) is 0 Å². The summed E-state index contributed by atoms with van der Waals surface area (Å²) in [7, 11) is 1.95. The molecule has 20 heavy (non-hydrogen) atoms. The van der Waals surface area contributed by atoms with Crippen LogP contribution in [0.5, 0.6) is 0 Å². The minimum Gasteiger partial charge on any atom is -0.363 e. The molecule has 1 N–H and O–H groups in total. The molecule has 2 bridgehead atoms. The summed E-state index contributed by atoms with van der Waals surface area (Å²) in [5.74, 6) is -0.365. The smallest absolute Gasteiger partial charge is 0.271 e. The number of nitrogens with one attached hydrogen (secondary N) is 1. The fraction of sp³-hybridized carbons (Fsp3) is 0.571. The third kappa shape index (κ3) is 2.14. The maximum atomic E-state index is 14.1. The zero-order valence-corrected chi connectivity index (χ0v) is 11.4. The second kappa shape index (κ2) is 5.01. The summed E-state index contributed by atoms with van der Waals surface area (Å²) in [5, 5.41) is 14.2. The normalized spacial score (nSPS) is 28.7. The number of halogens is 1. The van der Waals surface area contributed by atoms with Gasteiger partial charge in [0.2, 0.25) is 0 Å². The van der Waals surface area contributed by atoms with Gasteiger partial charge in [-0.3, -0.25) is 10.1 Å². The first kappa shape index (κ1) is 13.3. The van der Waals surface area contributed by atoms with E-state index >= 15 is 0 Å². The SMILES string of the molecule is CNC1CC2CCC(C1)N2c1cc([N+](=O)[O-])ccc1F.